The maximum Gasteiger partial charge on any atom is 0.255 e. The summed E-state index contributed by atoms with van der Waals surface area (Å²) in [5.41, 5.74) is 4.91. The minimum atomic E-state index is -0.163. The average molecular weight is 358 g/mol. The predicted molar refractivity (Wildman–Crippen MR) is 98.2 cm³/mol. The summed E-state index contributed by atoms with van der Waals surface area (Å²) < 4.78 is 3.57. The van der Waals surface area contributed by atoms with Crippen molar-refractivity contribution in [1.29, 1.82) is 0 Å². The number of aromatic nitrogens is 4. The first-order valence-corrected chi connectivity index (χ1v) is 8.33. The van der Waals surface area contributed by atoms with Gasteiger partial charge in [-0.2, -0.15) is 10.2 Å². The van der Waals surface area contributed by atoms with E-state index in [4.69, 9.17) is 11.6 Å². The average Bonchev–Trinajstić information content (AvgIpc) is 3.03. The van der Waals surface area contributed by atoms with Crippen molar-refractivity contribution in [2.24, 2.45) is 7.05 Å². The smallest absolute Gasteiger partial charge is 0.255 e. The molecule has 1 aromatic carbocycles. The first-order chi connectivity index (χ1) is 11.9. The van der Waals surface area contributed by atoms with E-state index >= 15 is 0 Å². The van der Waals surface area contributed by atoms with E-state index in [1.165, 1.54) is 0 Å². The van der Waals surface area contributed by atoms with Crippen molar-refractivity contribution in [3.8, 4) is 0 Å². The highest BCUT2D eigenvalue weighted by atomic mass is 35.5. The zero-order valence-electron chi connectivity index (χ0n) is 14.7. The molecular weight excluding hydrogens is 338 g/mol. The molecule has 3 aromatic rings. The van der Waals surface area contributed by atoms with Crippen molar-refractivity contribution in [2.45, 2.75) is 27.3 Å². The number of hydrogen-bond acceptors (Lipinski definition) is 3. The molecule has 0 saturated carbocycles. The number of aryl methyl sites for hydroxylation is 2. The Morgan fingerprint density at radius 3 is 2.60 bits per heavy atom. The van der Waals surface area contributed by atoms with Gasteiger partial charge in [-0.1, -0.05) is 23.7 Å². The number of rotatable bonds is 4. The van der Waals surface area contributed by atoms with Crippen molar-refractivity contribution >= 4 is 23.2 Å². The topological polar surface area (TPSA) is 64.7 Å². The van der Waals surface area contributed by atoms with Gasteiger partial charge in [-0.05, 0) is 38.5 Å². The fraction of sp³-hybridized carbons (Fsp3) is 0.278. The summed E-state index contributed by atoms with van der Waals surface area (Å²) in [7, 11) is 1.84. The van der Waals surface area contributed by atoms with E-state index in [0.29, 0.717) is 22.8 Å². The molecule has 0 aliphatic carbocycles. The Balaban J connectivity index is 1.80. The summed E-state index contributed by atoms with van der Waals surface area (Å²) in [5, 5.41) is 12.1. The molecule has 130 valence electrons. The number of carbonyl (C=O) groups is 1. The molecule has 0 saturated heterocycles. The van der Waals surface area contributed by atoms with Crippen molar-refractivity contribution in [2.75, 3.05) is 5.32 Å². The minimum Gasteiger partial charge on any atom is -0.319 e. The van der Waals surface area contributed by atoms with Crippen LogP contribution in [0.15, 0.2) is 30.5 Å². The molecule has 1 N–H and O–H groups in total. The number of amides is 1. The van der Waals surface area contributed by atoms with Crippen molar-refractivity contribution in [1.82, 2.24) is 19.6 Å². The van der Waals surface area contributed by atoms with Gasteiger partial charge in [0.2, 0.25) is 0 Å². The molecule has 0 fully saturated rings. The third-order valence-corrected chi connectivity index (χ3v) is 4.85. The molecule has 1 amide bonds. The van der Waals surface area contributed by atoms with Crippen LogP contribution in [-0.4, -0.2) is 25.5 Å². The van der Waals surface area contributed by atoms with Crippen molar-refractivity contribution < 1.29 is 4.79 Å². The molecule has 0 radical (unpaired) electrons. The standard InChI is InChI=1S/C18H20ClN5O/c1-11-17(19)13(3)24(22-11)10-14-6-5-7-15(8-14)18(25)21-16-9-20-23(4)12(16)2/h5-9H,10H2,1-4H3,(H,21,25). The Kier molecular flexibility index (Phi) is 4.63. The number of anilines is 1. The summed E-state index contributed by atoms with van der Waals surface area (Å²) in [6.07, 6.45) is 1.65. The molecule has 6 nitrogen and oxygen atoms in total. The Morgan fingerprint density at radius 2 is 2.00 bits per heavy atom. The van der Waals surface area contributed by atoms with Gasteiger partial charge in [0.15, 0.2) is 0 Å². The molecule has 0 spiro atoms. The van der Waals surface area contributed by atoms with Gasteiger partial charge in [0.25, 0.3) is 5.91 Å². The lowest BCUT2D eigenvalue weighted by molar-refractivity contribution is 0.102. The monoisotopic (exact) mass is 357 g/mol. The second-order valence-electron chi connectivity index (χ2n) is 6.06. The normalized spacial score (nSPS) is 10.9. The Morgan fingerprint density at radius 1 is 1.24 bits per heavy atom. The highest BCUT2D eigenvalue weighted by Crippen LogP contribution is 2.20. The van der Waals surface area contributed by atoms with Crippen LogP contribution in [-0.2, 0) is 13.6 Å². The zero-order valence-corrected chi connectivity index (χ0v) is 15.4. The largest absolute Gasteiger partial charge is 0.319 e. The molecule has 0 aliphatic heterocycles. The quantitative estimate of drug-likeness (QED) is 0.777. The number of benzene rings is 1. The van der Waals surface area contributed by atoms with E-state index in [-0.39, 0.29) is 5.91 Å². The fourth-order valence-corrected chi connectivity index (χ4v) is 2.76. The summed E-state index contributed by atoms with van der Waals surface area (Å²) in [6.45, 7) is 6.29. The van der Waals surface area contributed by atoms with E-state index in [9.17, 15) is 4.79 Å². The van der Waals surface area contributed by atoms with Crippen LogP contribution in [0.4, 0.5) is 5.69 Å². The third kappa shape index (κ3) is 3.44. The van der Waals surface area contributed by atoms with Crippen LogP contribution in [0.2, 0.25) is 5.02 Å². The van der Waals surface area contributed by atoms with Gasteiger partial charge in [-0.15, -0.1) is 0 Å². The van der Waals surface area contributed by atoms with Gasteiger partial charge in [0, 0.05) is 12.6 Å². The van der Waals surface area contributed by atoms with Crippen LogP contribution in [0.5, 0.6) is 0 Å². The molecule has 0 bridgehead atoms. The maximum absolute atomic E-state index is 12.5. The molecule has 2 heterocycles. The molecule has 0 atom stereocenters. The van der Waals surface area contributed by atoms with E-state index < -0.39 is 0 Å². The lowest BCUT2D eigenvalue weighted by atomic mass is 10.1. The van der Waals surface area contributed by atoms with Crippen LogP contribution in [0.1, 0.15) is 33.0 Å². The maximum atomic E-state index is 12.5. The van der Waals surface area contributed by atoms with E-state index in [1.807, 2.05) is 50.7 Å². The second-order valence-corrected chi connectivity index (χ2v) is 6.44. The lowest BCUT2D eigenvalue weighted by Crippen LogP contribution is -2.13. The highest BCUT2D eigenvalue weighted by Gasteiger charge is 2.13. The number of carbonyl (C=O) groups excluding carboxylic acids is 1. The van der Waals surface area contributed by atoms with Gasteiger partial charge < -0.3 is 5.32 Å². The number of hydrogen-bond donors (Lipinski definition) is 1. The Bertz CT molecular complexity index is 941. The van der Waals surface area contributed by atoms with Crippen LogP contribution in [0.3, 0.4) is 0 Å². The molecule has 3 rings (SSSR count). The van der Waals surface area contributed by atoms with Gasteiger partial charge >= 0.3 is 0 Å². The van der Waals surface area contributed by atoms with Crippen LogP contribution in [0, 0.1) is 20.8 Å². The second kappa shape index (κ2) is 6.72. The molecule has 0 unspecified atom stereocenters. The van der Waals surface area contributed by atoms with E-state index in [0.717, 1.165) is 22.6 Å². The minimum absolute atomic E-state index is 0.163. The molecule has 0 aliphatic rings. The molecule has 2 aromatic heterocycles. The number of nitrogens with one attached hydrogen (secondary N) is 1. The van der Waals surface area contributed by atoms with E-state index in [2.05, 4.69) is 15.5 Å². The van der Waals surface area contributed by atoms with Crippen LogP contribution in [0.25, 0.3) is 0 Å². The van der Waals surface area contributed by atoms with Crippen LogP contribution < -0.4 is 5.32 Å². The van der Waals surface area contributed by atoms with Gasteiger partial charge in [0.1, 0.15) is 0 Å². The van der Waals surface area contributed by atoms with Crippen molar-refractivity contribution in [3.63, 3.8) is 0 Å². The third-order valence-electron chi connectivity index (χ3n) is 4.30. The van der Waals surface area contributed by atoms with Crippen molar-refractivity contribution in [3.05, 3.63) is 63.7 Å². The predicted octanol–water partition coefficient (Wildman–Crippen LogP) is 3.50. The number of halogens is 1. The Labute approximate surface area is 151 Å². The lowest BCUT2D eigenvalue weighted by Gasteiger charge is -2.08. The zero-order chi connectivity index (χ0) is 18.1. The van der Waals surface area contributed by atoms with Gasteiger partial charge in [-0.25, -0.2) is 0 Å². The van der Waals surface area contributed by atoms with Crippen LogP contribution >= 0.6 is 11.6 Å². The number of nitrogens with zero attached hydrogens (tertiary/aromatic N) is 4. The summed E-state index contributed by atoms with van der Waals surface area (Å²) >= 11 is 6.20. The molecule has 7 heteroatoms. The highest BCUT2D eigenvalue weighted by molar-refractivity contribution is 6.31. The summed E-state index contributed by atoms with van der Waals surface area (Å²) in [5.74, 6) is -0.163. The van der Waals surface area contributed by atoms with Gasteiger partial charge in [-0.3, -0.25) is 14.2 Å². The van der Waals surface area contributed by atoms with Gasteiger partial charge in [0.05, 0.1) is 40.5 Å². The first-order valence-electron chi connectivity index (χ1n) is 7.95. The fourth-order valence-electron chi connectivity index (χ4n) is 2.63. The SMILES string of the molecule is Cc1nn(Cc2cccc(C(=O)Nc3cnn(C)c3C)c2)c(C)c1Cl. The summed E-state index contributed by atoms with van der Waals surface area (Å²) in [4.78, 5) is 12.5. The summed E-state index contributed by atoms with van der Waals surface area (Å²) in [6, 6.07) is 7.49. The molecule has 25 heavy (non-hydrogen) atoms. The molecular formula is C18H20ClN5O. The Hall–Kier alpha value is -2.60. The van der Waals surface area contributed by atoms with E-state index in [1.54, 1.807) is 16.9 Å². The first kappa shape index (κ1) is 17.2.